The molecule has 0 atom stereocenters. The standard InChI is InChI=1S/C22H19F2N5O.C21H16F2N4O2S.C16H9ClFN3S.C15H12F2N2S/c23-18-2-1-3-19(24)20(18)21(30)17-11-27-22-16(17)8-13(9-26-22)14-10-28-29(12-14)15-4-6-25-7-5-15;22-15-2-1-3-16(23)18(15)19(28)14-10-25-20-13(14)8-12(9-24-20)17-11-26-21(30-17)27-4-6-29-7-5-27;17-15-14(18)11(1-3-19-15)13-7-21-16-12(13)5-10(6-20-16)9-2-4-22-8-9;16-15(17)8-19(9-15)14-2-1-13-12(14)5-11(6-18-13)10-3-4-20-7-10/h1-3,8-12,15,25H,4-7H2,(H,26,27);1-3,8-11H,4-7H2,(H,24,25);1-8H,(H,20,21);2-7H,1,8-9H2. The SMILES string of the molecule is FC1(F)CN(C2=CCc3ncc(-c4ccsc4)cc32)C1.Fc1c(-c2c[nH]c3ncc(-c4ccsc4)cc23)ccnc1Cl.O=C(c1c(F)cccc1F)c1c[nH]c2ncc(-c3cnc(N4CCOCC4)s3)cc12.O=C(c1c(F)cccc1F)c1c[nH]c2ncc(-c3cnn(C4CCNCC4)c3)cc12. The second-order valence-electron chi connectivity index (χ2n) is 24.3. The first-order chi connectivity index (χ1) is 49.6. The molecule has 12 aromatic heterocycles. The first-order valence-electron chi connectivity index (χ1n) is 32.2. The minimum absolute atomic E-state index is 0.131. The molecule has 514 valence electrons. The number of nitrogens with zero attached hydrogens (tertiary/aromatic N) is 10. The normalized spacial score (nSPS) is 14.9. The Labute approximate surface area is 593 Å². The highest BCUT2D eigenvalue weighted by Gasteiger charge is 2.46. The maximum absolute atomic E-state index is 14.2. The highest BCUT2D eigenvalue weighted by atomic mass is 35.5. The molecule has 0 radical (unpaired) electrons. The van der Waals surface area contributed by atoms with E-state index in [-0.39, 0.29) is 29.4 Å². The maximum atomic E-state index is 14.2. The fourth-order valence-electron chi connectivity index (χ4n) is 12.6. The minimum Gasteiger partial charge on any atom is -0.378 e. The van der Waals surface area contributed by atoms with Gasteiger partial charge in [-0.15, -0.1) is 0 Å². The summed E-state index contributed by atoms with van der Waals surface area (Å²) >= 11 is 10.6. The molecule has 3 aliphatic heterocycles. The summed E-state index contributed by atoms with van der Waals surface area (Å²) in [5.41, 5.74) is 11.6. The van der Waals surface area contributed by atoms with Crippen LogP contribution in [-0.2, 0) is 11.2 Å². The van der Waals surface area contributed by atoms with Crippen LogP contribution in [0.3, 0.4) is 0 Å². The van der Waals surface area contributed by atoms with Crippen LogP contribution in [0.2, 0.25) is 5.15 Å². The second-order valence-corrected chi connectivity index (χ2v) is 27.3. The van der Waals surface area contributed by atoms with E-state index in [9.17, 15) is 40.3 Å². The van der Waals surface area contributed by atoms with Crippen LogP contribution < -0.4 is 10.2 Å². The van der Waals surface area contributed by atoms with E-state index in [1.54, 1.807) is 83.0 Å². The van der Waals surface area contributed by atoms with E-state index in [0.29, 0.717) is 52.5 Å². The number of ether oxygens (including phenoxy) is 1. The van der Waals surface area contributed by atoms with Crippen LogP contribution >= 0.6 is 45.6 Å². The molecule has 28 heteroatoms. The summed E-state index contributed by atoms with van der Waals surface area (Å²) in [7, 11) is 0. The molecule has 14 aromatic rings. The average molecular weight is 1450 g/mol. The van der Waals surface area contributed by atoms with Gasteiger partial charge in [-0.2, -0.15) is 27.8 Å². The van der Waals surface area contributed by atoms with Gasteiger partial charge in [-0.05, 0) is 125 Å². The van der Waals surface area contributed by atoms with Crippen molar-refractivity contribution >= 4 is 101 Å². The number of halogens is 8. The molecule has 1 aliphatic carbocycles. The topological polar surface area (TPSA) is 204 Å². The summed E-state index contributed by atoms with van der Waals surface area (Å²) in [6.07, 6.45) is 23.4. The molecule has 102 heavy (non-hydrogen) atoms. The largest absolute Gasteiger partial charge is 0.378 e. The molecule has 3 saturated heterocycles. The molecule has 0 unspecified atom stereocenters. The Bertz CT molecular complexity index is 5230. The van der Waals surface area contributed by atoms with Gasteiger partial charge in [-0.25, -0.2) is 55.7 Å². The molecule has 0 saturated carbocycles. The second kappa shape index (κ2) is 28.8. The van der Waals surface area contributed by atoms with Crippen LogP contribution in [-0.4, -0.2) is 130 Å². The quantitative estimate of drug-likeness (QED) is 0.0511. The van der Waals surface area contributed by atoms with Crippen LogP contribution in [0.1, 0.15) is 62.0 Å². The molecule has 0 bridgehead atoms. The predicted octanol–water partition coefficient (Wildman–Crippen LogP) is 16.7. The number of pyridine rings is 5. The number of rotatable bonds is 12. The van der Waals surface area contributed by atoms with Gasteiger partial charge in [0, 0.05) is 159 Å². The smallest absolute Gasteiger partial charge is 0.282 e. The molecule has 4 aliphatic rings. The van der Waals surface area contributed by atoms with Crippen LogP contribution in [0.4, 0.5) is 35.9 Å². The van der Waals surface area contributed by atoms with Crippen LogP contribution in [0.25, 0.3) is 93.7 Å². The number of alkyl halides is 2. The van der Waals surface area contributed by atoms with Crippen molar-refractivity contribution < 1.29 is 45.1 Å². The number of H-pyrrole nitrogens is 3. The van der Waals surface area contributed by atoms with Gasteiger partial charge in [-0.3, -0.25) is 19.3 Å². The monoisotopic (exact) mass is 1450 g/mol. The van der Waals surface area contributed by atoms with Crippen molar-refractivity contribution in [2.24, 2.45) is 0 Å². The highest BCUT2D eigenvalue weighted by molar-refractivity contribution is 7.18. The van der Waals surface area contributed by atoms with Crippen LogP contribution in [0, 0.1) is 29.1 Å². The number of anilines is 1. The third kappa shape index (κ3) is 13.8. The molecule has 4 N–H and O–H groups in total. The number of piperidine rings is 1. The Morgan fingerprint density at radius 3 is 1.75 bits per heavy atom. The summed E-state index contributed by atoms with van der Waals surface area (Å²) in [6.45, 7) is 4.49. The van der Waals surface area contributed by atoms with E-state index in [2.05, 4.69) is 77.0 Å². The van der Waals surface area contributed by atoms with Crippen LogP contribution in [0.5, 0.6) is 0 Å². The number of morpholine rings is 1. The molecule has 0 amide bonds. The molecule has 18 rings (SSSR count). The van der Waals surface area contributed by atoms with Crippen molar-refractivity contribution in [3.05, 3.63) is 242 Å². The summed E-state index contributed by atoms with van der Waals surface area (Å²) in [4.78, 5) is 65.3. The fourth-order valence-corrected chi connectivity index (χ4v) is 15.1. The number of aromatic nitrogens is 11. The number of hydrogen-bond acceptors (Lipinski definition) is 16. The molecule has 3 fully saturated rings. The number of fused-ring (bicyclic) bond motifs is 4. The van der Waals surface area contributed by atoms with Gasteiger partial charge < -0.3 is 34.8 Å². The lowest BCUT2D eigenvalue weighted by Crippen LogP contribution is -2.54. The first kappa shape index (κ1) is 67.3. The van der Waals surface area contributed by atoms with E-state index in [1.165, 1.54) is 42.1 Å². The number of benzene rings is 2. The van der Waals surface area contributed by atoms with Crippen molar-refractivity contribution in [2.75, 3.05) is 57.4 Å². The van der Waals surface area contributed by atoms with E-state index < -0.39 is 57.7 Å². The summed E-state index contributed by atoms with van der Waals surface area (Å²) in [5, 5.41) is 18.6. The lowest BCUT2D eigenvalue weighted by atomic mass is 10.0. The van der Waals surface area contributed by atoms with Gasteiger partial charge in [0.25, 0.3) is 5.92 Å². The number of thiazole rings is 1. The highest BCUT2D eigenvalue weighted by Crippen LogP contribution is 2.41. The number of thiophene rings is 2. The summed E-state index contributed by atoms with van der Waals surface area (Å²) in [5.74, 6) is -8.07. The van der Waals surface area contributed by atoms with Crippen LogP contribution in [0.15, 0.2) is 175 Å². The van der Waals surface area contributed by atoms with E-state index in [1.807, 2.05) is 52.1 Å². The number of aromatic amines is 3. The van der Waals surface area contributed by atoms with E-state index in [4.69, 9.17) is 16.3 Å². The van der Waals surface area contributed by atoms with Crippen molar-refractivity contribution in [1.29, 1.82) is 0 Å². The van der Waals surface area contributed by atoms with Gasteiger partial charge >= 0.3 is 0 Å². The predicted molar refractivity (Wildman–Crippen MR) is 382 cm³/mol. The van der Waals surface area contributed by atoms with Gasteiger partial charge in [0.05, 0.1) is 60.2 Å². The fraction of sp³-hybridized carbons (Fsp3) is 0.176. The summed E-state index contributed by atoms with van der Waals surface area (Å²) < 4.78 is 104. The molecule has 0 spiro atoms. The van der Waals surface area contributed by atoms with E-state index >= 15 is 0 Å². The zero-order valence-electron chi connectivity index (χ0n) is 53.5. The third-order valence-corrected chi connectivity index (χ3v) is 20.6. The lowest BCUT2D eigenvalue weighted by molar-refractivity contribution is -0.105. The van der Waals surface area contributed by atoms with Crippen molar-refractivity contribution in [3.8, 4) is 54.9 Å². The number of carbonyl (C=O) groups excluding carboxylic acids is 2. The van der Waals surface area contributed by atoms with Crippen molar-refractivity contribution in [3.63, 3.8) is 0 Å². The van der Waals surface area contributed by atoms with Gasteiger partial charge in [0.1, 0.15) is 40.2 Å². The summed E-state index contributed by atoms with van der Waals surface area (Å²) in [6, 6.07) is 20.5. The third-order valence-electron chi connectivity index (χ3n) is 17.9. The molecular weight excluding hydrogens is 1400 g/mol. The van der Waals surface area contributed by atoms with E-state index in [0.717, 1.165) is 147 Å². The van der Waals surface area contributed by atoms with Gasteiger partial charge in [-0.1, -0.05) is 41.1 Å². The molecule has 17 nitrogen and oxygen atoms in total. The Balaban J connectivity index is 0.000000111. The molecule has 2 aromatic carbocycles. The first-order valence-corrected chi connectivity index (χ1v) is 35.3. The number of likely N-dealkylation sites (tertiary alicyclic amines) is 1. The number of hydrogen-bond donors (Lipinski definition) is 4. The minimum atomic E-state index is -2.54. The van der Waals surface area contributed by atoms with Crippen molar-refractivity contribution in [1.82, 2.24) is 64.9 Å². The lowest BCUT2D eigenvalue weighted by Gasteiger charge is -2.41. The maximum Gasteiger partial charge on any atom is 0.282 e. The average Bonchev–Trinajstić information content (AvgIpc) is 1.62. The van der Waals surface area contributed by atoms with Gasteiger partial charge in [0.15, 0.2) is 16.1 Å². The Hall–Kier alpha value is -10.6. The Morgan fingerprint density at radius 2 is 1.14 bits per heavy atom. The molecular formula is C74H56ClF7N14O3S3. The zero-order chi connectivity index (χ0) is 70.2. The van der Waals surface area contributed by atoms with Gasteiger partial charge in [0.2, 0.25) is 11.6 Å². The zero-order valence-corrected chi connectivity index (χ0v) is 56.7. The number of nitrogens with one attached hydrogen (secondary N) is 4. The van der Waals surface area contributed by atoms with Crippen molar-refractivity contribution in [2.45, 2.75) is 31.2 Å². The molecule has 15 heterocycles. The Morgan fingerprint density at radius 1 is 0.578 bits per heavy atom. The number of ketones is 2. The number of carbonyl (C=O) groups is 2. The Kier molecular flexibility index (Phi) is 19.0. The number of allylic oxidation sites excluding steroid dienone is 1.